The Bertz CT molecular complexity index is 813. The molecule has 0 saturated heterocycles. The smallest absolute Gasteiger partial charge is 0.200 e. The lowest BCUT2D eigenvalue weighted by Crippen LogP contribution is -2.19. The number of benzene rings is 2. The van der Waals surface area contributed by atoms with Gasteiger partial charge < -0.3 is 4.74 Å². The number of hydrogen-bond acceptors (Lipinski definition) is 3. The van der Waals surface area contributed by atoms with E-state index < -0.39 is 39.8 Å². The highest BCUT2D eigenvalue weighted by molar-refractivity contribution is 7.97. The second kappa shape index (κ2) is 7.40. The van der Waals surface area contributed by atoms with Crippen molar-refractivity contribution in [3.05, 3.63) is 58.7 Å². The van der Waals surface area contributed by atoms with E-state index in [9.17, 15) is 26.3 Å². The van der Waals surface area contributed by atoms with E-state index in [2.05, 4.69) is 0 Å². The molecule has 0 amide bonds. The standard InChI is InChI=1S/C17H13F6NOS/c1-25-11-5-2-8(6-10(11)18)7-24(9-3-4-9)26-17-15(22)13(20)12(19)14(21)16(17)23/h2,5-6,9H,3-4,7H2,1H3. The Hall–Kier alpha value is -1.87. The predicted molar refractivity (Wildman–Crippen MR) is 83.6 cm³/mol. The van der Waals surface area contributed by atoms with Crippen molar-refractivity contribution in [1.82, 2.24) is 4.31 Å². The van der Waals surface area contributed by atoms with E-state index in [0.717, 1.165) is 0 Å². The quantitative estimate of drug-likeness (QED) is 0.290. The summed E-state index contributed by atoms with van der Waals surface area (Å²) >= 11 is 0.443. The van der Waals surface area contributed by atoms with Crippen LogP contribution in [0.2, 0.25) is 0 Å². The molecule has 1 fully saturated rings. The molecular formula is C17H13F6NOS. The number of rotatable bonds is 6. The summed E-state index contributed by atoms with van der Waals surface area (Å²) < 4.78 is 87.8. The van der Waals surface area contributed by atoms with Gasteiger partial charge in [0.1, 0.15) is 4.90 Å². The van der Waals surface area contributed by atoms with Gasteiger partial charge in [-0.1, -0.05) is 6.07 Å². The van der Waals surface area contributed by atoms with Crippen LogP contribution in [0.1, 0.15) is 18.4 Å². The Morgan fingerprint density at radius 1 is 0.962 bits per heavy atom. The van der Waals surface area contributed by atoms with Crippen molar-refractivity contribution in [3.63, 3.8) is 0 Å². The summed E-state index contributed by atoms with van der Waals surface area (Å²) in [6.07, 6.45) is 1.42. The summed E-state index contributed by atoms with van der Waals surface area (Å²) in [7, 11) is 1.31. The van der Waals surface area contributed by atoms with Crippen LogP contribution in [-0.4, -0.2) is 17.5 Å². The number of ether oxygens (including phenoxy) is 1. The summed E-state index contributed by atoms with van der Waals surface area (Å²) in [5.74, 6) is -10.5. The summed E-state index contributed by atoms with van der Waals surface area (Å²) in [4.78, 5) is -0.970. The van der Waals surface area contributed by atoms with Crippen molar-refractivity contribution < 1.29 is 31.1 Å². The maximum Gasteiger partial charge on any atom is 0.200 e. The van der Waals surface area contributed by atoms with Crippen LogP contribution in [0.15, 0.2) is 23.1 Å². The van der Waals surface area contributed by atoms with E-state index in [4.69, 9.17) is 4.74 Å². The lowest BCUT2D eigenvalue weighted by Gasteiger charge is -2.22. The van der Waals surface area contributed by atoms with Gasteiger partial charge in [-0.25, -0.2) is 30.6 Å². The molecule has 0 N–H and O–H groups in total. The molecule has 2 aromatic carbocycles. The number of nitrogens with zero attached hydrogens (tertiary/aromatic N) is 1. The molecule has 0 aromatic heterocycles. The Labute approximate surface area is 149 Å². The molecule has 9 heteroatoms. The van der Waals surface area contributed by atoms with Crippen LogP contribution in [0.5, 0.6) is 5.75 Å². The van der Waals surface area contributed by atoms with Gasteiger partial charge in [0.25, 0.3) is 0 Å². The van der Waals surface area contributed by atoms with Crippen LogP contribution in [0.4, 0.5) is 26.3 Å². The molecule has 0 radical (unpaired) electrons. The van der Waals surface area contributed by atoms with Crippen molar-refractivity contribution in [2.75, 3.05) is 7.11 Å². The zero-order chi connectivity index (χ0) is 19.0. The highest BCUT2D eigenvalue weighted by Gasteiger charge is 2.34. The van der Waals surface area contributed by atoms with Crippen LogP contribution < -0.4 is 4.74 Å². The monoisotopic (exact) mass is 393 g/mol. The van der Waals surface area contributed by atoms with Gasteiger partial charge in [0.2, 0.25) is 5.82 Å². The molecule has 0 spiro atoms. The number of methoxy groups -OCH3 is 1. The van der Waals surface area contributed by atoms with Crippen molar-refractivity contribution in [1.29, 1.82) is 0 Å². The van der Waals surface area contributed by atoms with E-state index in [0.29, 0.717) is 30.4 Å². The van der Waals surface area contributed by atoms with Gasteiger partial charge >= 0.3 is 0 Å². The Kier molecular flexibility index (Phi) is 5.38. The molecule has 0 unspecified atom stereocenters. The van der Waals surface area contributed by atoms with Gasteiger partial charge in [-0.05, 0) is 42.5 Å². The Balaban J connectivity index is 1.88. The third kappa shape index (κ3) is 3.64. The summed E-state index contributed by atoms with van der Waals surface area (Å²) in [5, 5.41) is 0. The molecular weight excluding hydrogens is 380 g/mol. The highest BCUT2D eigenvalue weighted by atomic mass is 32.2. The average molecular weight is 393 g/mol. The van der Waals surface area contributed by atoms with Gasteiger partial charge in [-0.15, -0.1) is 0 Å². The first kappa shape index (κ1) is 18.9. The lowest BCUT2D eigenvalue weighted by atomic mass is 10.2. The van der Waals surface area contributed by atoms with Crippen LogP contribution in [-0.2, 0) is 6.54 Å². The van der Waals surface area contributed by atoms with E-state index in [-0.39, 0.29) is 18.3 Å². The summed E-state index contributed by atoms with van der Waals surface area (Å²) in [6.45, 7) is 0.0652. The van der Waals surface area contributed by atoms with Gasteiger partial charge in [-0.2, -0.15) is 0 Å². The minimum atomic E-state index is -2.19. The highest BCUT2D eigenvalue weighted by Crippen LogP contribution is 2.40. The first-order valence-electron chi connectivity index (χ1n) is 7.62. The first-order valence-corrected chi connectivity index (χ1v) is 8.39. The zero-order valence-corrected chi connectivity index (χ0v) is 14.3. The molecule has 140 valence electrons. The molecule has 1 aliphatic rings. The molecule has 3 rings (SSSR count). The van der Waals surface area contributed by atoms with E-state index in [1.807, 2.05) is 0 Å². The minimum Gasteiger partial charge on any atom is -0.494 e. The van der Waals surface area contributed by atoms with Gasteiger partial charge in [-0.3, -0.25) is 0 Å². The maximum absolute atomic E-state index is 13.9. The van der Waals surface area contributed by atoms with Crippen molar-refractivity contribution in [2.24, 2.45) is 0 Å². The molecule has 1 aliphatic carbocycles. The first-order chi connectivity index (χ1) is 12.3. The van der Waals surface area contributed by atoms with Crippen LogP contribution in [0, 0.1) is 34.9 Å². The van der Waals surface area contributed by atoms with E-state index in [1.165, 1.54) is 23.5 Å². The van der Waals surface area contributed by atoms with Gasteiger partial charge in [0.05, 0.1) is 7.11 Å². The molecule has 26 heavy (non-hydrogen) atoms. The molecule has 0 bridgehead atoms. The molecule has 0 aliphatic heterocycles. The molecule has 0 heterocycles. The van der Waals surface area contributed by atoms with Crippen molar-refractivity contribution in [3.8, 4) is 5.75 Å². The fraction of sp³-hybridized carbons (Fsp3) is 0.294. The van der Waals surface area contributed by atoms with Crippen molar-refractivity contribution in [2.45, 2.75) is 30.3 Å². The second-order valence-electron chi connectivity index (χ2n) is 5.77. The SMILES string of the molecule is COc1ccc(CN(Sc2c(F)c(F)c(F)c(F)c2F)C2CC2)cc1F. The summed E-state index contributed by atoms with van der Waals surface area (Å²) in [5.41, 5.74) is 0.478. The number of hydrogen-bond donors (Lipinski definition) is 0. The molecule has 2 aromatic rings. The molecule has 2 nitrogen and oxygen atoms in total. The topological polar surface area (TPSA) is 12.5 Å². The predicted octanol–water partition coefficient (Wildman–Crippen LogP) is 5.20. The largest absolute Gasteiger partial charge is 0.494 e. The summed E-state index contributed by atoms with van der Waals surface area (Å²) in [6, 6.07) is 4.07. The van der Waals surface area contributed by atoms with E-state index in [1.54, 1.807) is 6.07 Å². The molecule has 1 saturated carbocycles. The minimum absolute atomic E-state index is 0.0409. The number of halogens is 6. The maximum atomic E-state index is 13.9. The Morgan fingerprint density at radius 3 is 2.04 bits per heavy atom. The fourth-order valence-electron chi connectivity index (χ4n) is 2.37. The average Bonchev–Trinajstić information content (AvgIpc) is 3.46. The molecule has 0 atom stereocenters. The van der Waals surface area contributed by atoms with E-state index >= 15 is 0 Å². The Morgan fingerprint density at radius 2 is 1.54 bits per heavy atom. The van der Waals surface area contributed by atoms with Crippen LogP contribution in [0.3, 0.4) is 0 Å². The van der Waals surface area contributed by atoms with Gasteiger partial charge in [0.15, 0.2) is 34.8 Å². The van der Waals surface area contributed by atoms with Crippen LogP contribution >= 0.6 is 11.9 Å². The lowest BCUT2D eigenvalue weighted by molar-refractivity contribution is 0.358. The zero-order valence-electron chi connectivity index (χ0n) is 13.5. The third-order valence-corrected chi connectivity index (χ3v) is 5.09. The second-order valence-corrected chi connectivity index (χ2v) is 6.83. The van der Waals surface area contributed by atoms with Crippen LogP contribution in [0.25, 0.3) is 0 Å². The fourth-order valence-corrected chi connectivity index (χ4v) is 3.52. The third-order valence-electron chi connectivity index (χ3n) is 3.89. The van der Waals surface area contributed by atoms with Gasteiger partial charge in [0, 0.05) is 12.6 Å². The normalized spacial score (nSPS) is 14.2. The van der Waals surface area contributed by atoms with Crippen molar-refractivity contribution >= 4 is 11.9 Å².